The van der Waals surface area contributed by atoms with Crippen LogP contribution in [-0.4, -0.2) is 68.5 Å². The van der Waals surface area contributed by atoms with E-state index >= 15 is 0 Å². The minimum absolute atomic E-state index is 0.0221. The SMILES string of the molecule is CC/C=C\C/C=C\C/C=C\C/C=C\CCC(=O)NC(COP(=O)([O-])OCC[N+](C)(C)C)C(O)/C=C/CC/C=C/CCCCCCCCCCCCCCCCCCCCCCC. The van der Waals surface area contributed by atoms with E-state index in [1.54, 1.807) is 6.08 Å². The normalized spacial score (nSPS) is 14.8. The van der Waals surface area contributed by atoms with Crippen LogP contribution >= 0.6 is 7.82 Å². The molecule has 8 nitrogen and oxygen atoms in total. The number of carbonyl (C=O) groups is 1. The van der Waals surface area contributed by atoms with E-state index in [2.05, 4.69) is 67.8 Å². The molecule has 360 valence electrons. The van der Waals surface area contributed by atoms with E-state index in [9.17, 15) is 19.4 Å². The zero-order valence-electron chi connectivity index (χ0n) is 40.8. The lowest BCUT2D eigenvalue weighted by molar-refractivity contribution is -0.870. The number of carbonyl (C=O) groups excluding carboxylic acids is 1. The number of unbranched alkanes of at least 4 members (excludes halogenated alkanes) is 22. The van der Waals surface area contributed by atoms with Crippen LogP contribution in [0.4, 0.5) is 0 Å². The maximum Gasteiger partial charge on any atom is 0.268 e. The predicted octanol–water partition coefficient (Wildman–Crippen LogP) is 14.1. The second-order valence-electron chi connectivity index (χ2n) is 18.1. The lowest BCUT2D eigenvalue weighted by atomic mass is 10.0. The Labute approximate surface area is 383 Å². The fourth-order valence-electron chi connectivity index (χ4n) is 6.94. The fourth-order valence-corrected chi connectivity index (χ4v) is 7.67. The fraction of sp³-hybridized carbons (Fsp3) is 0.755. The molecular formula is C53H97N2O6P. The summed E-state index contributed by atoms with van der Waals surface area (Å²) in [6, 6.07) is -0.944. The molecule has 0 rings (SSSR count). The number of aliphatic hydroxyl groups is 1. The first-order valence-corrected chi connectivity index (χ1v) is 26.8. The van der Waals surface area contributed by atoms with Crippen molar-refractivity contribution in [3.05, 3.63) is 72.9 Å². The van der Waals surface area contributed by atoms with Crippen molar-refractivity contribution in [3.63, 3.8) is 0 Å². The molecule has 0 bridgehead atoms. The van der Waals surface area contributed by atoms with Gasteiger partial charge in [0.05, 0.1) is 39.9 Å². The summed E-state index contributed by atoms with van der Waals surface area (Å²) >= 11 is 0. The molecule has 0 spiro atoms. The first-order chi connectivity index (χ1) is 30.0. The quantitative estimate of drug-likeness (QED) is 0.0273. The Kier molecular flexibility index (Phi) is 42.7. The van der Waals surface area contributed by atoms with Crippen molar-refractivity contribution < 1.29 is 32.9 Å². The average Bonchev–Trinajstić information content (AvgIpc) is 3.23. The summed E-state index contributed by atoms with van der Waals surface area (Å²) in [7, 11) is 1.19. The molecule has 0 radical (unpaired) electrons. The van der Waals surface area contributed by atoms with Gasteiger partial charge in [-0.15, -0.1) is 0 Å². The van der Waals surface area contributed by atoms with Gasteiger partial charge >= 0.3 is 0 Å². The molecule has 0 aliphatic heterocycles. The van der Waals surface area contributed by atoms with Crippen molar-refractivity contribution in [1.29, 1.82) is 0 Å². The van der Waals surface area contributed by atoms with Crippen LogP contribution in [0.5, 0.6) is 0 Å². The minimum Gasteiger partial charge on any atom is -0.756 e. The van der Waals surface area contributed by atoms with E-state index < -0.39 is 26.6 Å². The number of hydrogen-bond acceptors (Lipinski definition) is 6. The molecule has 0 aromatic heterocycles. The first-order valence-electron chi connectivity index (χ1n) is 25.3. The molecule has 0 aliphatic carbocycles. The van der Waals surface area contributed by atoms with Crippen molar-refractivity contribution in [3.8, 4) is 0 Å². The van der Waals surface area contributed by atoms with Gasteiger partial charge in [0, 0.05) is 6.42 Å². The summed E-state index contributed by atoms with van der Waals surface area (Å²) < 4.78 is 23.2. The Morgan fingerprint density at radius 2 is 1.00 bits per heavy atom. The smallest absolute Gasteiger partial charge is 0.268 e. The summed E-state index contributed by atoms with van der Waals surface area (Å²) in [4.78, 5) is 25.3. The van der Waals surface area contributed by atoms with Gasteiger partial charge in [-0.25, -0.2) is 0 Å². The van der Waals surface area contributed by atoms with Crippen LogP contribution in [0.3, 0.4) is 0 Å². The van der Waals surface area contributed by atoms with Crippen LogP contribution in [0.25, 0.3) is 0 Å². The number of nitrogens with one attached hydrogen (secondary N) is 1. The lowest BCUT2D eigenvalue weighted by Crippen LogP contribution is -2.45. The van der Waals surface area contributed by atoms with Crippen LogP contribution in [-0.2, 0) is 18.4 Å². The molecular weight excluding hydrogens is 792 g/mol. The van der Waals surface area contributed by atoms with Gasteiger partial charge in [0.25, 0.3) is 7.82 Å². The lowest BCUT2D eigenvalue weighted by Gasteiger charge is -2.29. The summed E-state index contributed by atoms with van der Waals surface area (Å²) in [5, 5.41) is 13.7. The monoisotopic (exact) mass is 889 g/mol. The molecule has 3 unspecified atom stereocenters. The number of aliphatic hydroxyl groups excluding tert-OH is 1. The molecule has 1 amide bonds. The number of likely N-dealkylation sites (N-methyl/N-ethyl adjacent to an activating group) is 1. The van der Waals surface area contributed by atoms with Gasteiger partial charge in [0.1, 0.15) is 13.2 Å². The number of phosphoric ester groups is 1. The van der Waals surface area contributed by atoms with E-state index in [-0.39, 0.29) is 18.9 Å². The molecule has 0 saturated heterocycles. The van der Waals surface area contributed by atoms with E-state index in [0.717, 1.165) is 44.9 Å². The van der Waals surface area contributed by atoms with E-state index in [4.69, 9.17) is 9.05 Å². The molecule has 0 saturated carbocycles. The third kappa shape index (κ3) is 45.9. The molecule has 0 aromatic carbocycles. The number of phosphoric acid groups is 1. The number of amides is 1. The highest BCUT2D eigenvalue weighted by molar-refractivity contribution is 7.45. The number of quaternary nitrogens is 1. The van der Waals surface area contributed by atoms with Gasteiger partial charge in [-0.05, 0) is 57.8 Å². The summed E-state index contributed by atoms with van der Waals surface area (Å²) in [6.45, 7) is 4.45. The van der Waals surface area contributed by atoms with Crippen LogP contribution in [0.15, 0.2) is 72.9 Å². The third-order valence-corrected chi connectivity index (χ3v) is 11.9. The average molecular weight is 889 g/mol. The Morgan fingerprint density at radius 1 is 0.581 bits per heavy atom. The first kappa shape index (κ1) is 59.9. The van der Waals surface area contributed by atoms with Crippen LogP contribution < -0.4 is 10.2 Å². The Morgan fingerprint density at radius 3 is 1.48 bits per heavy atom. The van der Waals surface area contributed by atoms with Crippen molar-refractivity contribution in [2.45, 2.75) is 219 Å². The minimum atomic E-state index is -4.62. The van der Waals surface area contributed by atoms with Crippen LogP contribution in [0, 0.1) is 0 Å². The van der Waals surface area contributed by atoms with Gasteiger partial charge in [-0.1, -0.05) is 215 Å². The molecule has 3 atom stereocenters. The summed E-state index contributed by atoms with van der Waals surface area (Å²) in [5.74, 6) is -0.289. The Hall–Kier alpha value is -2.06. The zero-order valence-corrected chi connectivity index (χ0v) is 41.7. The van der Waals surface area contributed by atoms with Gasteiger partial charge < -0.3 is 28.8 Å². The summed E-state index contributed by atoms with van der Waals surface area (Å²) in [5.41, 5.74) is 0. The van der Waals surface area contributed by atoms with Crippen molar-refractivity contribution in [2.75, 3.05) is 40.9 Å². The second-order valence-corrected chi connectivity index (χ2v) is 19.5. The number of allylic oxidation sites excluding steroid dienone is 11. The van der Waals surface area contributed by atoms with E-state index in [1.165, 1.54) is 135 Å². The molecule has 0 fully saturated rings. The molecule has 0 aromatic rings. The van der Waals surface area contributed by atoms with Crippen molar-refractivity contribution in [2.24, 2.45) is 0 Å². The number of hydrogen-bond donors (Lipinski definition) is 2. The molecule has 0 aliphatic rings. The standard InChI is InChI=1S/C53H97N2O6P/c1-6-8-10-12-14-16-18-20-21-22-23-24-25-26-27-28-29-30-31-32-33-35-36-38-40-42-44-46-52(56)51(50-61-62(58,59)60-49-48-55(3,4)5)54-53(57)47-45-43-41-39-37-34-19-17-15-13-11-9-7-2/h9,11,15,17,34,36-38,41,43-44,46,51-52,56H,6-8,10,12-14,16,18-33,35,39-40,42,45,47-50H2,1-5H3,(H-,54,57,58,59)/b11-9-,17-15-,37-34-,38-36+,43-41-,46-44+. The number of rotatable bonds is 45. The van der Waals surface area contributed by atoms with Gasteiger partial charge in [-0.2, -0.15) is 0 Å². The van der Waals surface area contributed by atoms with Gasteiger partial charge in [0.2, 0.25) is 5.91 Å². The third-order valence-electron chi connectivity index (χ3n) is 10.9. The zero-order chi connectivity index (χ0) is 45.7. The molecule has 0 heterocycles. The van der Waals surface area contributed by atoms with Crippen LogP contribution in [0.2, 0.25) is 0 Å². The van der Waals surface area contributed by atoms with Crippen molar-refractivity contribution in [1.82, 2.24) is 5.32 Å². The summed E-state index contributed by atoms with van der Waals surface area (Å²) in [6.07, 6.45) is 60.1. The van der Waals surface area contributed by atoms with E-state index in [0.29, 0.717) is 17.4 Å². The highest BCUT2D eigenvalue weighted by Gasteiger charge is 2.23. The maximum absolute atomic E-state index is 12.8. The highest BCUT2D eigenvalue weighted by atomic mass is 31.2. The van der Waals surface area contributed by atoms with Gasteiger partial charge in [-0.3, -0.25) is 9.36 Å². The maximum atomic E-state index is 12.8. The largest absolute Gasteiger partial charge is 0.756 e. The van der Waals surface area contributed by atoms with Gasteiger partial charge in [0.15, 0.2) is 0 Å². The number of nitrogens with zero attached hydrogens (tertiary/aromatic N) is 1. The Balaban J connectivity index is 4.32. The molecule has 62 heavy (non-hydrogen) atoms. The molecule has 9 heteroatoms. The highest BCUT2D eigenvalue weighted by Crippen LogP contribution is 2.38. The topological polar surface area (TPSA) is 108 Å². The van der Waals surface area contributed by atoms with Crippen molar-refractivity contribution >= 4 is 13.7 Å². The van der Waals surface area contributed by atoms with E-state index in [1.807, 2.05) is 39.4 Å². The second kappa shape index (κ2) is 44.2. The predicted molar refractivity (Wildman–Crippen MR) is 265 cm³/mol. The Bertz CT molecular complexity index is 1240. The van der Waals surface area contributed by atoms with Crippen LogP contribution in [0.1, 0.15) is 206 Å². The molecule has 2 N–H and O–H groups in total.